The fourth-order valence-electron chi connectivity index (χ4n) is 2.17. The zero-order valence-electron chi connectivity index (χ0n) is 16.9. The Bertz CT molecular complexity index is 924. The van der Waals surface area contributed by atoms with Gasteiger partial charge < -0.3 is 4.90 Å². The molecule has 4 nitrogen and oxygen atoms in total. The summed E-state index contributed by atoms with van der Waals surface area (Å²) in [5, 5.41) is 19.7. The Kier molecular flexibility index (Phi) is 11.1. The Morgan fingerprint density at radius 3 is 1.67 bits per heavy atom. The number of hydrogen-bond donors (Lipinski definition) is 0. The summed E-state index contributed by atoms with van der Waals surface area (Å²) in [7, 11) is 3.92. The second-order valence-corrected chi connectivity index (χ2v) is 5.08. The second-order valence-electron chi connectivity index (χ2n) is 5.08. The summed E-state index contributed by atoms with van der Waals surface area (Å²) < 4.78 is 0. The van der Waals surface area contributed by atoms with Gasteiger partial charge in [0, 0.05) is 19.8 Å². The zero-order chi connectivity index (χ0) is 20.8. The molecule has 2 aromatic carbocycles. The predicted molar refractivity (Wildman–Crippen MR) is 113 cm³/mol. The van der Waals surface area contributed by atoms with Crippen molar-refractivity contribution in [2.24, 2.45) is 0 Å². The molecule has 0 radical (unpaired) electrons. The molecule has 0 unspecified atom stereocenters. The highest BCUT2D eigenvalue weighted by Gasteiger charge is 2.03. The SMILES string of the molecule is CC.CC.[C-]#[N+]C(C#N)=c1ccc(=C(C#N)c2ccc(N(C)C)cc2)cc1. The van der Waals surface area contributed by atoms with Crippen LogP contribution in [-0.4, -0.2) is 14.1 Å². The van der Waals surface area contributed by atoms with E-state index in [1.54, 1.807) is 24.3 Å². The van der Waals surface area contributed by atoms with Crippen molar-refractivity contribution in [2.45, 2.75) is 27.7 Å². The first-order valence-electron chi connectivity index (χ1n) is 8.91. The molecule has 4 heteroatoms. The fraction of sp³-hybridized carbons (Fsp3) is 0.261. The Morgan fingerprint density at radius 1 is 0.815 bits per heavy atom. The van der Waals surface area contributed by atoms with Crippen LogP contribution >= 0.6 is 0 Å². The molecule has 0 fully saturated rings. The first-order valence-corrected chi connectivity index (χ1v) is 8.91. The highest BCUT2D eigenvalue weighted by Crippen LogP contribution is 2.16. The lowest BCUT2D eigenvalue weighted by Crippen LogP contribution is -2.12. The van der Waals surface area contributed by atoms with E-state index in [-0.39, 0.29) is 5.70 Å². The van der Waals surface area contributed by atoms with Gasteiger partial charge in [0.25, 0.3) is 5.70 Å². The van der Waals surface area contributed by atoms with Crippen LogP contribution in [0.25, 0.3) is 16.1 Å². The van der Waals surface area contributed by atoms with Crippen LogP contribution in [0.5, 0.6) is 0 Å². The van der Waals surface area contributed by atoms with Crippen LogP contribution in [0.15, 0.2) is 48.5 Å². The minimum absolute atomic E-state index is 0.0467. The van der Waals surface area contributed by atoms with Crippen LogP contribution in [0.2, 0.25) is 0 Å². The van der Waals surface area contributed by atoms with E-state index >= 15 is 0 Å². The average molecular weight is 358 g/mol. The lowest BCUT2D eigenvalue weighted by atomic mass is 10.0. The molecule has 0 atom stereocenters. The van der Waals surface area contributed by atoms with E-state index in [2.05, 4.69) is 10.9 Å². The van der Waals surface area contributed by atoms with Crippen molar-refractivity contribution in [3.63, 3.8) is 0 Å². The largest absolute Gasteiger partial charge is 0.378 e. The van der Waals surface area contributed by atoms with Crippen molar-refractivity contribution in [3.05, 3.63) is 75.9 Å². The number of benzene rings is 2. The summed E-state index contributed by atoms with van der Waals surface area (Å²) >= 11 is 0. The van der Waals surface area contributed by atoms with Gasteiger partial charge in [-0.25, -0.2) is 10.1 Å². The van der Waals surface area contributed by atoms with Gasteiger partial charge in [-0.3, -0.25) is 0 Å². The van der Waals surface area contributed by atoms with Gasteiger partial charge in [-0.05, 0) is 28.1 Å². The number of anilines is 1. The monoisotopic (exact) mass is 358 g/mol. The Labute approximate surface area is 162 Å². The molecule has 0 heterocycles. The summed E-state index contributed by atoms with van der Waals surface area (Å²) in [5.74, 6) is 0. The van der Waals surface area contributed by atoms with Crippen molar-refractivity contribution in [2.75, 3.05) is 19.0 Å². The van der Waals surface area contributed by atoms with Crippen molar-refractivity contribution in [3.8, 4) is 12.1 Å². The maximum atomic E-state index is 9.48. The normalized spacial score (nSPS) is 8.26. The molecule has 0 saturated heterocycles. The van der Waals surface area contributed by atoms with E-state index in [9.17, 15) is 5.26 Å². The number of nitrogens with zero attached hydrogens (tertiary/aromatic N) is 4. The highest BCUT2D eigenvalue weighted by molar-refractivity contribution is 5.77. The summed E-state index contributed by atoms with van der Waals surface area (Å²) in [5.41, 5.74) is 2.50. The van der Waals surface area contributed by atoms with E-state index in [0.29, 0.717) is 10.8 Å². The van der Waals surface area contributed by atoms with Crippen LogP contribution in [-0.2, 0) is 0 Å². The van der Waals surface area contributed by atoms with Gasteiger partial charge in [-0.2, -0.15) is 5.26 Å². The average Bonchev–Trinajstić information content (AvgIpc) is 2.74. The molecule has 2 aromatic rings. The van der Waals surface area contributed by atoms with Crippen molar-refractivity contribution in [1.29, 1.82) is 10.5 Å². The third kappa shape index (κ3) is 6.35. The molecule has 0 aliphatic rings. The maximum absolute atomic E-state index is 9.48. The first-order chi connectivity index (χ1) is 13.1. The Hall–Kier alpha value is -3.55. The number of hydrogen-bond acceptors (Lipinski definition) is 3. The minimum atomic E-state index is 0.0467. The van der Waals surface area contributed by atoms with Crippen LogP contribution in [0.1, 0.15) is 33.3 Å². The molecular formula is C23H26N4. The van der Waals surface area contributed by atoms with E-state index in [1.807, 2.05) is 77.0 Å². The summed E-state index contributed by atoms with van der Waals surface area (Å²) in [6.07, 6.45) is 0. The van der Waals surface area contributed by atoms with Crippen LogP contribution in [0.3, 0.4) is 0 Å². The molecule has 0 amide bonds. The van der Waals surface area contributed by atoms with Crippen molar-refractivity contribution >= 4 is 17.0 Å². The zero-order valence-corrected chi connectivity index (χ0v) is 16.9. The van der Waals surface area contributed by atoms with Crippen LogP contribution < -0.4 is 15.3 Å². The van der Waals surface area contributed by atoms with Gasteiger partial charge in [0.05, 0.1) is 18.2 Å². The topological polar surface area (TPSA) is 55.2 Å². The van der Waals surface area contributed by atoms with Crippen molar-refractivity contribution in [1.82, 2.24) is 0 Å². The molecular weight excluding hydrogens is 332 g/mol. The first kappa shape index (κ1) is 23.5. The molecule has 0 aromatic heterocycles. The molecule has 0 saturated carbocycles. The summed E-state index contributed by atoms with van der Waals surface area (Å²) in [6, 6.07) is 18.7. The van der Waals surface area contributed by atoms with Gasteiger partial charge in [-0.1, -0.05) is 64.1 Å². The third-order valence-corrected chi connectivity index (χ3v) is 3.45. The van der Waals surface area contributed by atoms with Crippen LogP contribution in [0, 0.1) is 29.2 Å². The van der Waals surface area contributed by atoms with Crippen LogP contribution in [0.4, 0.5) is 5.69 Å². The smallest absolute Gasteiger partial charge is 0.268 e. The predicted octanol–water partition coefficient (Wildman–Crippen LogP) is 4.08. The third-order valence-electron chi connectivity index (χ3n) is 3.45. The van der Waals surface area contributed by atoms with Gasteiger partial charge in [0.2, 0.25) is 0 Å². The lowest BCUT2D eigenvalue weighted by molar-refractivity contribution is 1.13. The molecule has 0 spiro atoms. The lowest BCUT2D eigenvalue weighted by Gasteiger charge is -2.12. The number of rotatable bonds is 2. The molecule has 138 valence electrons. The second kappa shape index (κ2) is 12.8. The van der Waals surface area contributed by atoms with Crippen molar-refractivity contribution < 1.29 is 0 Å². The molecule has 0 aliphatic heterocycles. The fourth-order valence-corrected chi connectivity index (χ4v) is 2.17. The van der Waals surface area contributed by atoms with E-state index in [1.165, 1.54) is 0 Å². The number of nitriles is 2. The quantitative estimate of drug-likeness (QED) is 0.760. The highest BCUT2D eigenvalue weighted by atomic mass is 15.1. The van der Waals surface area contributed by atoms with E-state index in [4.69, 9.17) is 11.8 Å². The van der Waals surface area contributed by atoms with Gasteiger partial charge in [0.15, 0.2) is 0 Å². The van der Waals surface area contributed by atoms with E-state index < -0.39 is 0 Å². The Morgan fingerprint density at radius 2 is 1.30 bits per heavy atom. The van der Waals surface area contributed by atoms with Gasteiger partial charge in [-0.15, -0.1) is 0 Å². The summed E-state index contributed by atoms with van der Waals surface area (Å²) in [6.45, 7) is 15.0. The molecule has 27 heavy (non-hydrogen) atoms. The standard InChI is InChI=1S/C19H14N4.2C2H6/c1-22-19(13-21)16-6-4-14(5-7-16)18(12-20)15-8-10-17(11-9-15)23(2)3;2*1-2/h4-11H,2-3H3;2*1-2H3. The van der Waals surface area contributed by atoms with E-state index in [0.717, 1.165) is 16.5 Å². The van der Waals surface area contributed by atoms with Gasteiger partial charge in [0.1, 0.15) is 6.07 Å². The molecule has 0 bridgehead atoms. The molecule has 2 rings (SSSR count). The maximum Gasteiger partial charge on any atom is 0.268 e. The summed E-state index contributed by atoms with van der Waals surface area (Å²) in [4.78, 5) is 5.18. The Balaban J connectivity index is 0.00000158. The minimum Gasteiger partial charge on any atom is -0.378 e. The molecule has 0 aliphatic carbocycles. The van der Waals surface area contributed by atoms with Gasteiger partial charge >= 0.3 is 0 Å². The molecule has 0 N–H and O–H groups in total.